The van der Waals surface area contributed by atoms with Crippen molar-refractivity contribution in [1.29, 1.82) is 0 Å². The summed E-state index contributed by atoms with van der Waals surface area (Å²) in [4.78, 5) is 38.7. The van der Waals surface area contributed by atoms with E-state index in [0.29, 0.717) is 16.7 Å². The third kappa shape index (κ3) is 3.21. The fourth-order valence-corrected chi connectivity index (χ4v) is 4.25. The highest BCUT2D eigenvalue weighted by Crippen LogP contribution is 2.57. The van der Waals surface area contributed by atoms with Crippen LogP contribution in [0.5, 0.6) is 23.0 Å². The van der Waals surface area contributed by atoms with E-state index in [1.54, 1.807) is 36.4 Å². The van der Waals surface area contributed by atoms with Crippen molar-refractivity contribution in [1.82, 2.24) is 0 Å². The number of benzene rings is 3. The van der Waals surface area contributed by atoms with Gasteiger partial charge in [-0.25, -0.2) is 4.79 Å². The number of hydrogen-bond donors (Lipinski definition) is 0. The number of fused-ring (bicyclic) bond motifs is 6. The van der Waals surface area contributed by atoms with Crippen LogP contribution in [0.3, 0.4) is 0 Å². The van der Waals surface area contributed by atoms with Gasteiger partial charge in [0.25, 0.3) is 0 Å². The lowest BCUT2D eigenvalue weighted by atomic mass is 9.77. The number of ether oxygens (including phenoxy) is 4. The fraction of sp³-hybridized carbons (Fsp3) is 0.125. The van der Waals surface area contributed by atoms with E-state index in [2.05, 4.69) is 10.0 Å². The Kier molecular flexibility index (Phi) is 4.73. The lowest BCUT2D eigenvalue weighted by Crippen LogP contribution is -2.33. The molecule has 10 heteroatoms. The molecule has 10 nitrogen and oxygen atoms in total. The molecule has 0 fully saturated rings. The van der Waals surface area contributed by atoms with Crippen LogP contribution in [0.25, 0.3) is 10.4 Å². The lowest BCUT2D eigenvalue weighted by molar-refractivity contribution is -0.132. The molecule has 0 saturated heterocycles. The number of azide groups is 1. The summed E-state index contributed by atoms with van der Waals surface area (Å²) in [6, 6.07) is 14.2. The van der Waals surface area contributed by atoms with Gasteiger partial charge in [0.1, 0.15) is 23.0 Å². The molecule has 0 atom stereocenters. The molecule has 0 N–H and O–H groups in total. The standard InChI is InChI=1S/C24H15N3O7/c1-12(28)31-15-4-7-19-21(10-15)33-22-11-16(32-13(2)29)5-8-20(22)24(19)18-6-3-14(26-27-25)9-17(18)23(30)34-24/h3-11H,1-2H3. The van der Waals surface area contributed by atoms with Crippen LogP contribution in [0.15, 0.2) is 59.7 Å². The number of nitrogens with zero attached hydrogens (tertiary/aromatic N) is 3. The molecule has 0 radical (unpaired) electrons. The van der Waals surface area contributed by atoms with Gasteiger partial charge in [0.15, 0.2) is 5.60 Å². The zero-order valence-corrected chi connectivity index (χ0v) is 17.9. The SMILES string of the molecule is CC(=O)Oc1ccc2c(c1)Oc1cc(OC(C)=O)ccc1C21OC(=O)c2cc(N=[N+]=[N-])ccc21. The minimum atomic E-state index is -1.40. The van der Waals surface area contributed by atoms with Crippen LogP contribution in [0, 0.1) is 0 Å². The molecular weight excluding hydrogens is 442 g/mol. The molecule has 3 aromatic rings. The van der Waals surface area contributed by atoms with E-state index < -0.39 is 23.5 Å². The highest BCUT2D eigenvalue weighted by molar-refractivity contribution is 5.98. The van der Waals surface area contributed by atoms with Crippen molar-refractivity contribution in [3.63, 3.8) is 0 Å². The van der Waals surface area contributed by atoms with Crippen molar-refractivity contribution < 1.29 is 33.3 Å². The van der Waals surface area contributed by atoms with E-state index >= 15 is 0 Å². The molecule has 1 spiro atoms. The summed E-state index contributed by atoms with van der Waals surface area (Å²) in [6.07, 6.45) is 0. The Morgan fingerprint density at radius 3 is 1.97 bits per heavy atom. The third-order valence-electron chi connectivity index (χ3n) is 5.42. The van der Waals surface area contributed by atoms with Gasteiger partial charge in [-0.05, 0) is 35.9 Å². The van der Waals surface area contributed by atoms with E-state index in [4.69, 9.17) is 24.5 Å². The number of esters is 3. The van der Waals surface area contributed by atoms with Gasteiger partial charge < -0.3 is 18.9 Å². The zero-order valence-electron chi connectivity index (χ0n) is 17.9. The van der Waals surface area contributed by atoms with Crippen LogP contribution >= 0.6 is 0 Å². The van der Waals surface area contributed by atoms with Gasteiger partial charge in [0, 0.05) is 53.3 Å². The molecule has 168 valence electrons. The van der Waals surface area contributed by atoms with Crippen molar-refractivity contribution >= 4 is 23.6 Å². The molecule has 5 rings (SSSR count). The van der Waals surface area contributed by atoms with Gasteiger partial charge in [0.2, 0.25) is 0 Å². The first-order chi connectivity index (χ1) is 16.3. The van der Waals surface area contributed by atoms with Crippen molar-refractivity contribution in [3.05, 3.63) is 87.3 Å². The maximum Gasteiger partial charge on any atom is 0.340 e. The Hall–Kier alpha value is -4.82. The van der Waals surface area contributed by atoms with Gasteiger partial charge >= 0.3 is 17.9 Å². The monoisotopic (exact) mass is 457 g/mol. The smallest absolute Gasteiger partial charge is 0.340 e. The highest BCUT2D eigenvalue weighted by Gasteiger charge is 2.53. The van der Waals surface area contributed by atoms with Crippen molar-refractivity contribution in [2.45, 2.75) is 19.4 Å². The normalized spacial score (nSPS) is 14.0. The van der Waals surface area contributed by atoms with Crippen LogP contribution in [-0.4, -0.2) is 17.9 Å². The topological polar surface area (TPSA) is 137 Å². The van der Waals surface area contributed by atoms with Gasteiger partial charge in [-0.15, -0.1) is 0 Å². The second-order valence-corrected chi connectivity index (χ2v) is 7.60. The number of carbonyl (C=O) groups is 3. The molecule has 2 aliphatic heterocycles. The summed E-state index contributed by atoms with van der Waals surface area (Å²) in [7, 11) is 0. The zero-order chi connectivity index (χ0) is 24.0. The molecule has 0 aromatic heterocycles. The minimum Gasteiger partial charge on any atom is -0.456 e. The van der Waals surface area contributed by atoms with Crippen LogP contribution in [0.1, 0.15) is 40.9 Å². The summed E-state index contributed by atoms with van der Waals surface area (Å²) in [5.41, 5.74) is 9.38. The van der Waals surface area contributed by atoms with E-state index in [0.717, 1.165) is 0 Å². The summed E-state index contributed by atoms with van der Waals surface area (Å²) < 4.78 is 22.5. The van der Waals surface area contributed by atoms with Crippen LogP contribution in [-0.2, 0) is 19.9 Å². The lowest BCUT2D eigenvalue weighted by Gasteiger charge is -2.36. The van der Waals surface area contributed by atoms with Gasteiger partial charge in [-0.1, -0.05) is 17.2 Å². The molecule has 0 bridgehead atoms. The first kappa shape index (κ1) is 21.0. The Morgan fingerprint density at radius 1 is 0.882 bits per heavy atom. The highest BCUT2D eigenvalue weighted by atomic mass is 16.6. The molecule has 0 amide bonds. The van der Waals surface area contributed by atoms with E-state index in [1.165, 1.54) is 32.0 Å². The van der Waals surface area contributed by atoms with Gasteiger partial charge in [-0.2, -0.15) is 0 Å². The fourth-order valence-electron chi connectivity index (χ4n) is 4.25. The summed E-state index contributed by atoms with van der Waals surface area (Å²) in [5, 5.41) is 3.57. The molecule has 2 aliphatic rings. The first-order valence-electron chi connectivity index (χ1n) is 10.1. The van der Waals surface area contributed by atoms with E-state index in [9.17, 15) is 14.4 Å². The quantitative estimate of drug-likeness (QED) is 0.176. The molecule has 0 unspecified atom stereocenters. The van der Waals surface area contributed by atoms with Gasteiger partial charge in [0.05, 0.1) is 5.56 Å². The van der Waals surface area contributed by atoms with Crippen molar-refractivity contribution in [2.24, 2.45) is 5.11 Å². The van der Waals surface area contributed by atoms with E-state index in [1.807, 2.05) is 0 Å². The maximum absolute atomic E-state index is 13.0. The van der Waals surface area contributed by atoms with Crippen LogP contribution < -0.4 is 14.2 Å². The third-order valence-corrected chi connectivity index (χ3v) is 5.42. The predicted molar refractivity (Wildman–Crippen MR) is 116 cm³/mol. The van der Waals surface area contributed by atoms with Crippen molar-refractivity contribution in [2.75, 3.05) is 0 Å². The summed E-state index contributed by atoms with van der Waals surface area (Å²) in [5.74, 6) is -0.583. The second-order valence-electron chi connectivity index (χ2n) is 7.60. The molecule has 2 heterocycles. The maximum atomic E-state index is 13.0. The molecule has 0 aliphatic carbocycles. The Labute approximate surface area is 192 Å². The number of rotatable bonds is 3. The average Bonchev–Trinajstić information content (AvgIpc) is 3.05. The molecule has 34 heavy (non-hydrogen) atoms. The molecule has 3 aromatic carbocycles. The Balaban J connectivity index is 1.77. The number of hydrogen-bond acceptors (Lipinski definition) is 8. The largest absolute Gasteiger partial charge is 0.456 e. The molecule has 0 saturated carbocycles. The predicted octanol–water partition coefficient (Wildman–Crippen LogP) is 5.05. The Morgan fingerprint density at radius 2 is 1.44 bits per heavy atom. The minimum absolute atomic E-state index is 0.233. The number of carbonyl (C=O) groups excluding carboxylic acids is 3. The van der Waals surface area contributed by atoms with Crippen molar-refractivity contribution in [3.8, 4) is 23.0 Å². The van der Waals surface area contributed by atoms with Gasteiger partial charge in [-0.3, -0.25) is 9.59 Å². The first-order valence-corrected chi connectivity index (χ1v) is 10.1. The Bertz CT molecular complexity index is 1390. The van der Waals surface area contributed by atoms with E-state index in [-0.39, 0.29) is 34.2 Å². The summed E-state index contributed by atoms with van der Waals surface area (Å²) in [6.45, 7) is 2.55. The average molecular weight is 457 g/mol. The van der Waals surface area contributed by atoms with Crippen LogP contribution in [0.4, 0.5) is 5.69 Å². The van der Waals surface area contributed by atoms with Crippen LogP contribution in [0.2, 0.25) is 0 Å². The molecular formula is C24H15N3O7. The second kappa shape index (κ2) is 7.65. The summed E-state index contributed by atoms with van der Waals surface area (Å²) >= 11 is 0.